The van der Waals surface area contributed by atoms with E-state index in [1.54, 1.807) is 0 Å². The van der Waals surface area contributed by atoms with E-state index in [0.717, 1.165) is 25.1 Å². The molecule has 0 spiro atoms. The van der Waals surface area contributed by atoms with Crippen LogP contribution >= 0.6 is 0 Å². The number of aryl methyl sites for hydroxylation is 1. The highest BCUT2D eigenvalue weighted by Gasteiger charge is 2.25. The number of carbonyl (C=O) groups is 1. The van der Waals surface area contributed by atoms with Crippen LogP contribution in [0.2, 0.25) is 0 Å². The number of rotatable bonds is 2. The van der Waals surface area contributed by atoms with Gasteiger partial charge < -0.3 is 10.0 Å². The van der Waals surface area contributed by atoms with Crippen LogP contribution in [0.5, 0.6) is 0 Å². The van der Waals surface area contributed by atoms with Crippen molar-refractivity contribution < 1.29 is 9.90 Å². The van der Waals surface area contributed by atoms with Crippen molar-refractivity contribution in [1.82, 2.24) is 0 Å². The summed E-state index contributed by atoms with van der Waals surface area (Å²) in [5, 5.41) is 9.03. The van der Waals surface area contributed by atoms with Crippen molar-refractivity contribution in [2.24, 2.45) is 5.92 Å². The molecule has 0 saturated carbocycles. The molecule has 86 valence electrons. The molecule has 1 saturated heterocycles. The predicted molar refractivity (Wildman–Crippen MR) is 63.8 cm³/mol. The molecule has 1 fully saturated rings. The van der Waals surface area contributed by atoms with Crippen LogP contribution in [0.1, 0.15) is 18.4 Å². The minimum atomic E-state index is -0.669. The van der Waals surface area contributed by atoms with Gasteiger partial charge in [-0.05, 0) is 37.5 Å². The Labute approximate surface area is 95.7 Å². The zero-order valence-electron chi connectivity index (χ0n) is 9.52. The Bertz CT molecular complexity index is 389. The van der Waals surface area contributed by atoms with Crippen molar-refractivity contribution in [2.45, 2.75) is 19.8 Å². The van der Waals surface area contributed by atoms with Gasteiger partial charge in [-0.1, -0.05) is 12.1 Å². The zero-order valence-corrected chi connectivity index (χ0v) is 9.52. The van der Waals surface area contributed by atoms with Gasteiger partial charge in [0.1, 0.15) is 0 Å². The van der Waals surface area contributed by atoms with Crippen LogP contribution in [0.4, 0.5) is 5.69 Å². The topological polar surface area (TPSA) is 40.5 Å². The Kier molecular flexibility index (Phi) is 3.13. The van der Waals surface area contributed by atoms with Crippen molar-refractivity contribution in [3.63, 3.8) is 0 Å². The predicted octanol–water partition coefficient (Wildman–Crippen LogP) is 2.30. The van der Waals surface area contributed by atoms with Gasteiger partial charge in [-0.25, -0.2) is 0 Å². The summed E-state index contributed by atoms with van der Waals surface area (Å²) in [6.45, 7) is 3.66. The molecule has 0 radical (unpaired) electrons. The third-order valence-corrected chi connectivity index (χ3v) is 3.14. The average Bonchev–Trinajstić information content (AvgIpc) is 2.29. The Morgan fingerprint density at radius 3 is 3.00 bits per heavy atom. The Hall–Kier alpha value is -1.51. The van der Waals surface area contributed by atoms with Crippen LogP contribution in [0.3, 0.4) is 0 Å². The minimum absolute atomic E-state index is 0.214. The van der Waals surface area contributed by atoms with Gasteiger partial charge in [-0.2, -0.15) is 0 Å². The van der Waals surface area contributed by atoms with Crippen molar-refractivity contribution in [1.29, 1.82) is 0 Å². The van der Waals surface area contributed by atoms with Crippen LogP contribution in [0, 0.1) is 12.8 Å². The molecule has 1 aromatic rings. The second-order valence-electron chi connectivity index (χ2n) is 4.46. The van der Waals surface area contributed by atoms with Gasteiger partial charge >= 0.3 is 5.97 Å². The lowest BCUT2D eigenvalue weighted by Gasteiger charge is -2.32. The normalized spacial score (nSPS) is 20.8. The Morgan fingerprint density at radius 1 is 1.50 bits per heavy atom. The SMILES string of the molecule is Cc1cccc(N2CCC[C@@H](C(=O)O)C2)c1. The summed E-state index contributed by atoms with van der Waals surface area (Å²) in [4.78, 5) is 13.1. The fourth-order valence-corrected chi connectivity index (χ4v) is 2.24. The van der Waals surface area contributed by atoms with Gasteiger partial charge in [0.2, 0.25) is 0 Å². The number of benzene rings is 1. The largest absolute Gasteiger partial charge is 0.481 e. The zero-order chi connectivity index (χ0) is 11.5. The highest BCUT2D eigenvalue weighted by Crippen LogP contribution is 2.23. The molecule has 3 nitrogen and oxygen atoms in total. The molecule has 0 aromatic heterocycles. The van der Waals surface area contributed by atoms with Gasteiger partial charge in [0, 0.05) is 18.8 Å². The van der Waals surface area contributed by atoms with Gasteiger partial charge in [0.15, 0.2) is 0 Å². The first kappa shape index (κ1) is 11.0. The molecule has 0 amide bonds. The number of anilines is 1. The number of hydrogen-bond acceptors (Lipinski definition) is 2. The van der Waals surface area contributed by atoms with Crippen LogP contribution in [0.25, 0.3) is 0 Å². The summed E-state index contributed by atoms with van der Waals surface area (Å²) in [5.41, 5.74) is 2.36. The van der Waals surface area contributed by atoms with E-state index >= 15 is 0 Å². The number of piperidine rings is 1. The van der Waals surface area contributed by atoms with Crippen molar-refractivity contribution >= 4 is 11.7 Å². The molecule has 1 aliphatic heterocycles. The van der Waals surface area contributed by atoms with Crippen LogP contribution in [-0.4, -0.2) is 24.2 Å². The lowest BCUT2D eigenvalue weighted by Crippen LogP contribution is -2.38. The van der Waals surface area contributed by atoms with Crippen LogP contribution < -0.4 is 4.90 Å². The average molecular weight is 219 g/mol. The number of carboxylic acid groups (broad SMARTS) is 1. The van der Waals surface area contributed by atoms with E-state index in [1.165, 1.54) is 5.56 Å². The van der Waals surface area contributed by atoms with Crippen molar-refractivity contribution in [3.05, 3.63) is 29.8 Å². The first-order valence-corrected chi connectivity index (χ1v) is 5.71. The fourth-order valence-electron chi connectivity index (χ4n) is 2.24. The molecule has 1 aliphatic rings. The van der Waals surface area contributed by atoms with Crippen LogP contribution in [-0.2, 0) is 4.79 Å². The second-order valence-corrected chi connectivity index (χ2v) is 4.46. The van der Waals surface area contributed by atoms with Crippen molar-refractivity contribution in [3.8, 4) is 0 Å². The summed E-state index contributed by atoms with van der Waals surface area (Å²) >= 11 is 0. The van der Waals surface area contributed by atoms with Gasteiger partial charge in [-0.15, -0.1) is 0 Å². The highest BCUT2D eigenvalue weighted by atomic mass is 16.4. The monoisotopic (exact) mass is 219 g/mol. The lowest BCUT2D eigenvalue weighted by atomic mass is 9.97. The summed E-state index contributed by atoms with van der Waals surface area (Å²) in [6, 6.07) is 8.25. The molecule has 1 N–H and O–H groups in total. The van der Waals surface area contributed by atoms with E-state index in [9.17, 15) is 4.79 Å². The molecule has 1 heterocycles. The Balaban J connectivity index is 2.12. The van der Waals surface area contributed by atoms with Gasteiger partial charge in [-0.3, -0.25) is 4.79 Å². The first-order valence-electron chi connectivity index (χ1n) is 5.71. The maximum Gasteiger partial charge on any atom is 0.308 e. The first-order chi connectivity index (χ1) is 7.66. The maximum absolute atomic E-state index is 11.0. The lowest BCUT2D eigenvalue weighted by molar-refractivity contribution is -0.141. The van der Waals surface area contributed by atoms with E-state index in [-0.39, 0.29) is 5.92 Å². The summed E-state index contributed by atoms with van der Waals surface area (Å²) < 4.78 is 0. The van der Waals surface area contributed by atoms with Gasteiger partial charge in [0.05, 0.1) is 5.92 Å². The quantitative estimate of drug-likeness (QED) is 0.829. The van der Waals surface area contributed by atoms with E-state index in [4.69, 9.17) is 5.11 Å². The molecule has 0 aliphatic carbocycles. The fraction of sp³-hybridized carbons (Fsp3) is 0.462. The smallest absolute Gasteiger partial charge is 0.308 e. The molecular formula is C13H17NO2. The Morgan fingerprint density at radius 2 is 2.31 bits per heavy atom. The third kappa shape index (κ3) is 2.35. The number of carboxylic acids is 1. The van der Waals surface area contributed by atoms with Gasteiger partial charge in [0.25, 0.3) is 0 Å². The van der Waals surface area contributed by atoms with Crippen LogP contribution in [0.15, 0.2) is 24.3 Å². The summed E-state index contributed by atoms with van der Waals surface area (Å²) in [5.74, 6) is -0.883. The standard InChI is InChI=1S/C13H17NO2/c1-10-4-2-6-12(8-10)14-7-3-5-11(9-14)13(15)16/h2,4,6,8,11H,3,5,7,9H2,1H3,(H,15,16)/t11-/m1/s1. The molecule has 16 heavy (non-hydrogen) atoms. The number of aliphatic carboxylic acids is 1. The van der Waals surface area contributed by atoms with E-state index in [2.05, 4.69) is 30.0 Å². The molecular weight excluding hydrogens is 202 g/mol. The van der Waals surface area contributed by atoms with E-state index in [0.29, 0.717) is 6.54 Å². The second kappa shape index (κ2) is 4.56. The minimum Gasteiger partial charge on any atom is -0.481 e. The molecule has 1 atom stereocenters. The van der Waals surface area contributed by atoms with Crippen molar-refractivity contribution in [2.75, 3.05) is 18.0 Å². The number of nitrogens with zero attached hydrogens (tertiary/aromatic N) is 1. The summed E-state index contributed by atoms with van der Waals surface area (Å²) in [7, 11) is 0. The summed E-state index contributed by atoms with van der Waals surface area (Å²) in [6.07, 6.45) is 1.77. The molecule has 2 rings (SSSR count). The van der Waals surface area contributed by atoms with E-state index in [1.807, 2.05) is 6.07 Å². The number of hydrogen-bond donors (Lipinski definition) is 1. The molecule has 0 unspecified atom stereocenters. The molecule has 0 bridgehead atoms. The third-order valence-electron chi connectivity index (χ3n) is 3.14. The highest BCUT2D eigenvalue weighted by molar-refractivity contribution is 5.71. The molecule has 3 heteroatoms. The van der Waals surface area contributed by atoms with E-state index < -0.39 is 5.97 Å². The molecule has 1 aromatic carbocycles. The maximum atomic E-state index is 11.0.